The van der Waals surface area contributed by atoms with E-state index in [0.717, 1.165) is 19.0 Å². The normalized spacial score (nSPS) is 23.6. The molecule has 3 aromatic rings. The van der Waals surface area contributed by atoms with E-state index in [-0.39, 0.29) is 0 Å². The average molecular weight is 304 g/mol. The number of hydrogen-bond acceptors (Lipinski definition) is 3. The number of benzene rings is 1. The standard InChI is InChI=1S/C19H20N4/c1-2-19-15(3-4-21-19)6-14(1)16-7-18(10-20-9-16)23-11-13-5-17(12-23)22-8-13/h1-4,6-7,9-10,13,17,21-22H,5,8,11-12H2/t13-,17+/m1/s1. The van der Waals surface area contributed by atoms with Crippen LogP contribution in [0.3, 0.4) is 0 Å². The molecule has 1 aromatic carbocycles. The van der Waals surface area contributed by atoms with Gasteiger partial charge in [-0.05, 0) is 47.6 Å². The molecular formula is C19H20N4. The van der Waals surface area contributed by atoms with Crippen molar-refractivity contribution in [3.05, 3.63) is 48.9 Å². The fourth-order valence-electron chi connectivity index (χ4n) is 4.04. The quantitative estimate of drug-likeness (QED) is 0.765. The summed E-state index contributed by atoms with van der Waals surface area (Å²) >= 11 is 0. The van der Waals surface area contributed by atoms with Crippen LogP contribution in [0.25, 0.3) is 22.0 Å². The number of fused-ring (bicyclic) bond motifs is 3. The molecule has 116 valence electrons. The molecule has 2 aliphatic heterocycles. The Balaban J connectivity index is 1.49. The number of hydrogen-bond donors (Lipinski definition) is 2. The molecule has 2 fully saturated rings. The van der Waals surface area contributed by atoms with Crippen molar-refractivity contribution in [2.75, 3.05) is 24.5 Å². The molecule has 0 radical (unpaired) electrons. The fraction of sp³-hybridized carbons (Fsp3) is 0.316. The van der Waals surface area contributed by atoms with Crippen LogP contribution in [0.15, 0.2) is 48.9 Å². The SMILES string of the molecule is c1cc2cc(-c3cncc(N4C[C@H]5CN[C@@H](C5)C4)c3)ccc2[nH]1. The number of rotatable bonds is 2. The van der Waals surface area contributed by atoms with Gasteiger partial charge in [0.2, 0.25) is 0 Å². The second kappa shape index (κ2) is 5.10. The lowest BCUT2D eigenvalue weighted by Crippen LogP contribution is -2.41. The van der Waals surface area contributed by atoms with E-state index < -0.39 is 0 Å². The molecule has 4 heterocycles. The van der Waals surface area contributed by atoms with Gasteiger partial charge in [-0.1, -0.05) is 6.07 Å². The molecule has 5 rings (SSSR count). The Labute approximate surface area is 135 Å². The van der Waals surface area contributed by atoms with Crippen LogP contribution >= 0.6 is 0 Å². The van der Waals surface area contributed by atoms with Gasteiger partial charge in [0.05, 0.1) is 11.9 Å². The number of nitrogens with zero attached hydrogens (tertiary/aromatic N) is 2. The minimum absolute atomic E-state index is 0.647. The molecular weight excluding hydrogens is 284 g/mol. The first kappa shape index (κ1) is 13.1. The van der Waals surface area contributed by atoms with Gasteiger partial charge in [0.25, 0.3) is 0 Å². The van der Waals surface area contributed by atoms with E-state index in [9.17, 15) is 0 Å². The second-order valence-corrected chi connectivity index (χ2v) is 6.82. The molecule has 4 nitrogen and oxygen atoms in total. The lowest BCUT2D eigenvalue weighted by molar-refractivity contribution is 0.474. The summed E-state index contributed by atoms with van der Waals surface area (Å²) in [7, 11) is 0. The van der Waals surface area contributed by atoms with Gasteiger partial charge in [-0.15, -0.1) is 0 Å². The lowest BCUT2D eigenvalue weighted by Gasteiger charge is -2.32. The molecule has 2 saturated heterocycles. The van der Waals surface area contributed by atoms with Gasteiger partial charge in [0.15, 0.2) is 0 Å². The Morgan fingerprint density at radius 2 is 2.04 bits per heavy atom. The van der Waals surface area contributed by atoms with Crippen LogP contribution in [0, 0.1) is 5.92 Å². The van der Waals surface area contributed by atoms with Crippen LogP contribution in [0.2, 0.25) is 0 Å². The van der Waals surface area contributed by atoms with Crippen molar-refractivity contribution in [2.45, 2.75) is 12.5 Å². The third-order valence-corrected chi connectivity index (χ3v) is 5.21. The zero-order valence-corrected chi connectivity index (χ0v) is 13.0. The van der Waals surface area contributed by atoms with Crippen molar-refractivity contribution in [1.29, 1.82) is 0 Å². The maximum absolute atomic E-state index is 4.50. The topological polar surface area (TPSA) is 44.0 Å². The fourth-order valence-corrected chi connectivity index (χ4v) is 4.04. The second-order valence-electron chi connectivity index (χ2n) is 6.82. The van der Waals surface area contributed by atoms with E-state index in [4.69, 9.17) is 0 Å². The van der Waals surface area contributed by atoms with Gasteiger partial charge in [0.1, 0.15) is 0 Å². The third kappa shape index (κ3) is 2.30. The predicted molar refractivity (Wildman–Crippen MR) is 93.6 cm³/mol. The zero-order chi connectivity index (χ0) is 15.2. The number of anilines is 1. The number of piperidine rings is 1. The highest BCUT2D eigenvalue weighted by molar-refractivity contribution is 5.85. The van der Waals surface area contributed by atoms with Crippen LogP contribution in [-0.4, -0.2) is 35.6 Å². The monoisotopic (exact) mass is 304 g/mol. The first-order chi connectivity index (χ1) is 11.3. The van der Waals surface area contributed by atoms with E-state index in [1.807, 2.05) is 18.6 Å². The number of aromatic nitrogens is 2. The Kier molecular flexibility index (Phi) is 2.91. The van der Waals surface area contributed by atoms with E-state index >= 15 is 0 Å². The van der Waals surface area contributed by atoms with Crippen molar-refractivity contribution >= 4 is 16.6 Å². The average Bonchev–Trinajstić information content (AvgIpc) is 3.20. The highest BCUT2D eigenvalue weighted by Gasteiger charge is 2.32. The van der Waals surface area contributed by atoms with Gasteiger partial charge in [0, 0.05) is 49.1 Å². The minimum Gasteiger partial charge on any atom is -0.368 e. The van der Waals surface area contributed by atoms with Crippen LogP contribution in [0.4, 0.5) is 5.69 Å². The molecule has 0 saturated carbocycles. The van der Waals surface area contributed by atoms with Gasteiger partial charge in [-0.3, -0.25) is 4.98 Å². The molecule has 2 aromatic heterocycles. The Bertz CT molecular complexity index is 841. The first-order valence-corrected chi connectivity index (χ1v) is 8.36. The van der Waals surface area contributed by atoms with Crippen LogP contribution in [0.5, 0.6) is 0 Å². The van der Waals surface area contributed by atoms with E-state index in [1.54, 1.807) is 0 Å². The Hall–Kier alpha value is -2.33. The smallest absolute Gasteiger partial charge is 0.0559 e. The predicted octanol–water partition coefficient (Wildman–Crippen LogP) is 3.03. The summed E-state index contributed by atoms with van der Waals surface area (Å²) in [4.78, 5) is 10.2. The summed E-state index contributed by atoms with van der Waals surface area (Å²) in [5, 5.41) is 4.86. The van der Waals surface area contributed by atoms with Crippen LogP contribution < -0.4 is 10.2 Å². The zero-order valence-electron chi connectivity index (χ0n) is 13.0. The van der Waals surface area contributed by atoms with Gasteiger partial charge < -0.3 is 15.2 Å². The highest BCUT2D eigenvalue weighted by Crippen LogP contribution is 2.30. The summed E-state index contributed by atoms with van der Waals surface area (Å²) in [6.45, 7) is 3.41. The molecule has 23 heavy (non-hydrogen) atoms. The summed E-state index contributed by atoms with van der Waals surface area (Å²) in [5.74, 6) is 0.786. The molecule has 0 amide bonds. The Morgan fingerprint density at radius 1 is 1.04 bits per heavy atom. The van der Waals surface area contributed by atoms with Crippen molar-refractivity contribution in [2.24, 2.45) is 5.92 Å². The number of aromatic amines is 1. The van der Waals surface area contributed by atoms with Crippen LogP contribution in [0.1, 0.15) is 6.42 Å². The molecule has 2 bridgehead atoms. The van der Waals surface area contributed by atoms with E-state index in [0.29, 0.717) is 6.04 Å². The molecule has 2 aliphatic rings. The molecule has 4 heteroatoms. The maximum Gasteiger partial charge on any atom is 0.0559 e. The van der Waals surface area contributed by atoms with Gasteiger partial charge in [-0.25, -0.2) is 0 Å². The molecule has 2 N–H and O–H groups in total. The van der Waals surface area contributed by atoms with Crippen molar-refractivity contribution in [3.63, 3.8) is 0 Å². The van der Waals surface area contributed by atoms with E-state index in [1.165, 1.54) is 40.7 Å². The largest absolute Gasteiger partial charge is 0.368 e. The molecule has 0 unspecified atom stereocenters. The van der Waals surface area contributed by atoms with Crippen LogP contribution in [-0.2, 0) is 0 Å². The number of H-pyrrole nitrogens is 1. The summed E-state index contributed by atoms with van der Waals surface area (Å²) in [6.07, 6.45) is 7.28. The summed E-state index contributed by atoms with van der Waals surface area (Å²) < 4.78 is 0. The molecule has 2 atom stereocenters. The summed E-state index contributed by atoms with van der Waals surface area (Å²) in [6, 6.07) is 11.6. The number of pyridine rings is 1. The van der Waals surface area contributed by atoms with Gasteiger partial charge in [-0.2, -0.15) is 0 Å². The van der Waals surface area contributed by atoms with Crippen molar-refractivity contribution < 1.29 is 0 Å². The highest BCUT2D eigenvalue weighted by atomic mass is 15.2. The Morgan fingerprint density at radius 3 is 3.00 bits per heavy atom. The van der Waals surface area contributed by atoms with E-state index in [2.05, 4.69) is 50.5 Å². The molecule has 0 aliphatic carbocycles. The number of nitrogens with one attached hydrogen (secondary N) is 2. The third-order valence-electron chi connectivity index (χ3n) is 5.21. The maximum atomic E-state index is 4.50. The van der Waals surface area contributed by atoms with Crippen molar-refractivity contribution in [3.8, 4) is 11.1 Å². The first-order valence-electron chi connectivity index (χ1n) is 8.36. The lowest BCUT2D eigenvalue weighted by atomic mass is 9.99. The molecule has 0 spiro atoms. The minimum atomic E-state index is 0.647. The van der Waals surface area contributed by atoms with Gasteiger partial charge >= 0.3 is 0 Å². The van der Waals surface area contributed by atoms with Crippen molar-refractivity contribution in [1.82, 2.24) is 15.3 Å². The summed E-state index contributed by atoms with van der Waals surface area (Å²) in [5.41, 5.74) is 4.84.